The molecule has 0 saturated carbocycles. The lowest BCUT2D eigenvalue weighted by Gasteiger charge is -2.27. The summed E-state index contributed by atoms with van der Waals surface area (Å²) in [6.45, 7) is 5.85. The van der Waals surface area contributed by atoms with E-state index in [0.29, 0.717) is 0 Å². The molecule has 0 aromatic carbocycles. The van der Waals surface area contributed by atoms with Crippen LogP contribution in [0.2, 0.25) is 0 Å². The zero-order chi connectivity index (χ0) is 9.07. The first-order valence-electron chi connectivity index (χ1n) is 3.61. The predicted octanol–water partition coefficient (Wildman–Crippen LogP) is -0.390. The predicted molar refractivity (Wildman–Crippen MR) is 44.6 cm³/mol. The lowest BCUT2D eigenvalue weighted by molar-refractivity contribution is -0.125. The molecule has 1 atom stereocenters. The van der Waals surface area contributed by atoms with Crippen LogP contribution in [0.1, 0.15) is 20.8 Å². The number of hydrogen-bond donors (Lipinski definition) is 3. The third-order valence-electron chi connectivity index (χ3n) is 1.54. The van der Waals surface area contributed by atoms with Gasteiger partial charge in [0.25, 0.3) is 0 Å². The van der Waals surface area contributed by atoms with Gasteiger partial charge in [0, 0.05) is 7.05 Å². The van der Waals surface area contributed by atoms with E-state index in [9.17, 15) is 4.79 Å². The molecule has 0 spiro atoms. The van der Waals surface area contributed by atoms with Crippen LogP contribution >= 0.6 is 0 Å². The highest BCUT2D eigenvalue weighted by molar-refractivity contribution is 5.82. The second-order valence-electron chi connectivity index (χ2n) is 3.58. The third kappa shape index (κ3) is 2.86. The molecule has 11 heavy (non-hydrogen) atoms. The molecular formula is C7H17N3O. The van der Waals surface area contributed by atoms with Crippen molar-refractivity contribution in [3.05, 3.63) is 0 Å². The van der Waals surface area contributed by atoms with Crippen molar-refractivity contribution in [3.63, 3.8) is 0 Å². The third-order valence-corrected chi connectivity index (χ3v) is 1.54. The molecule has 0 bridgehead atoms. The van der Waals surface area contributed by atoms with Crippen LogP contribution in [0.3, 0.4) is 0 Å². The standard InChI is InChI=1S/C7H17N3O/c1-7(2,3)5(10-8)6(11)9-4/h5,10H,8H2,1-4H3,(H,9,11)/t5-/m1/s1. The number of carbonyl (C=O) groups excluding carboxylic acids is 1. The van der Waals surface area contributed by atoms with Crippen LogP contribution in [0.15, 0.2) is 0 Å². The topological polar surface area (TPSA) is 67.2 Å². The molecule has 1 amide bonds. The van der Waals surface area contributed by atoms with E-state index in [4.69, 9.17) is 5.84 Å². The number of nitrogens with one attached hydrogen (secondary N) is 2. The largest absolute Gasteiger partial charge is 0.358 e. The summed E-state index contributed by atoms with van der Waals surface area (Å²) in [5, 5.41) is 2.54. The second kappa shape index (κ2) is 3.69. The van der Waals surface area contributed by atoms with Gasteiger partial charge >= 0.3 is 0 Å². The van der Waals surface area contributed by atoms with Crippen LogP contribution in [0.5, 0.6) is 0 Å². The monoisotopic (exact) mass is 159 g/mol. The molecule has 0 aromatic rings. The van der Waals surface area contributed by atoms with Crippen LogP contribution < -0.4 is 16.6 Å². The molecule has 0 aliphatic carbocycles. The maximum Gasteiger partial charge on any atom is 0.238 e. The van der Waals surface area contributed by atoms with Gasteiger partial charge in [-0.25, -0.2) is 5.43 Å². The van der Waals surface area contributed by atoms with E-state index in [2.05, 4.69) is 10.7 Å². The molecule has 0 aliphatic heterocycles. The van der Waals surface area contributed by atoms with Gasteiger partial charge < -0.3 is 5.32 Å². The van der Waals surface area contributed by atoms with Gasteiger partial charge in [-0.3, -0.25) is 10.6 Å². The van der Waals surface area contributed by atoms with Gasteiger partial charge in [0.1, 0.15) is 6.04 Å². The first-order chi connectivity index (χ1) is 4.93. The highest BCUT2D eigenvalue weighted by Crippen LogP contribution is 2.18. The van der Waals surface area contributed by atoms with Gasteiger partial charge in [-0.1, -0.05) is 20.8 Å². The molecule has 4 N–H and O–H groups in total. The lowest BCUT2D eigenvalue weighted by Crippen LogP contribution is -2.53. The fourth-order valence-corrected chi connectivity index (χ4v) is 0.863. The van der Waals surface area contributed by atoms with E-state index in [0.717, 1.165) is 0 Å². The molecule has 0 radical (unpaired) electrons. The van der Waals surface area contributed by atoms with E-state index in [1.54, 1.807) is 7.05 Å². The van der Waals surface area contributed by atoms with Crippen LogP contribution in [-0.2, 0) is 4.79 Å². The van der Waals surface area contributed by atoms with E-state index >= 15 is 0 Å². The molecule has 0 heterocycles. The van der Waals surface area contributed by atoms with Gasteiger partial charge in [-0.05, 0) is 5.41 Å². The van der Waals surface area contributed by atoms with Gasteiger partial charge in [0.15, 0.2) is 0 Å². The van der Waals surface area contributed by atoms with E-state index in [1.165, 1.54) is 0 Å². The maximum atomic E-state index is 11.1. The maximum absolute atomic E-state index is 11.1. The van der Waals surface area contributed by atoms with Crippen molar-refractivity contribution in [2.75, 3.05) is 7.05 Å². The second-order valence-corrected chi connectivity index (χ2v) is 3.58. The summed E-state index contributed by atoms with van der Waals surface area (Å²) < 4.78 is 0. The van der Waals surface area contributed by atoms with E-state index in [-0.39, 0.29) is 17.4 Å². The Morgan fingerprint density at radius 2 is 1.91 bits per heavy atom. The van der Waals surface area contributed by atoms with Crippen molar-refractivity contribution in [2.24, 2.45) is 11.3 Å². The number of hydrazine groups is 1. The fraction of sp³-hybridized carbons (Fsp3) is 0.857. The van der Waals surface area contributed by atoms with Crippen LogP contribution in [0, 0.1) is 5.41 Å². The highest BCUT2D eigenvalue weighted by atomic mass is 16.2. The normalized spacial score (nSPS) is 14.3. The van der Waals surface area contributed by atoms with Gasteiger partial charge in [0.2, 0.25) is 5.91 Å². The molecule has 0 aliphatic rings. The molecule has 4 heteroatoms. The molecule has 0 rings (SSSR count). The lowest BCUT2D eigenvalue weighted by atomic mass is 9.87. The molecule has 0 fully saturated rings. The Hall–Kier alpha value is -0.610. The van der Waals surface area contributed by atoms with Crippen molar-refractivity contribution in [3.8, 4) is 0 Å². The quantitative estimate of drug-likeness (QED) is 0.380. The summed E-state index contributed by atoms with van der Waals surface area (Å²) in [5.41, 5.74) is 2.32. The van der Waals surface area contributed by atoms with E-state index in [1.807, 2.05) is 20.8 Å². The molecule has 0 aromatic heterocycles. The number of likely N-dealkylation sites (N-methyl/N-ethyl adjacent to an activating group) is 1. The Morgan fingerprint density at radius 3 is 2.00 bits per heavy atom. The Morgan fingerprint density at radius 1 is 1.45 bits per heavy atom. The minimum Gasteiger partial charge on any atom is -0.358 e. The SMILES string of the molecule is CNC(=O)[C@@H](NN)C(C)(C)C. The Bertz CT molecular complexity index is 139. The van der Waals surface area contributed by atoms with Crippen LogP contribution in [-0.4, -0.2) is 19.0 Å². The average Bonchev–Trinajstić information content (AvgIpc) is 1.86. The summed E-state index contributed by atoms with van der Waals surface area (Å²) in [7, 11) is 1.60. The Kier molecular flexibility index (Phi) is 3.48. The molecule has 66 valence electrons. The van der Waals surface area contributed by atoms with Crippen molar-refractivity contribution in [1.29, 1.82) is 0 Å². The van der Waals surface area contributed by atoms with Crippen LogP contribution in [0.25, 0.3) is 0 Å². The Balaban J connectivity index is 4.29. The highest BCUT2D eigenvalue weighted by Gasteiger charge is 2.29. The fourth-order valence-electron chi connectivity index (χ4n) is 0.863. The minimum atomic E-state index is -0.340. The summed E-state index contributed by atoms with van der Waals surface area (Å²) in [6.07, 6.45) is 0. The molecule has 4 nitrogen and oxygen atoms in total. The van der Waals surface area contributed by atoms with E-state index < -0.39 is 0 Å². The van der Waals surface area contributed by atoms with Gasteiger partial charge in [-0.2, -0.15) is 0 Å². The first-order valence-corrected chi connectivity index (χ1v) is 3.61. The molecule has 0 saturated heterocycles. The van der Waals surface area contributed by atoms with Crippen molar-refractivity contribution < 1.29 is 4.79 Å². The zero-order valence-corrected chi connectivity index (χ0v) is 7.56. The number of hydrogen-bond acceptors (Lipinski definition) is 3. The molecular weight excluding hydrogens is 142 g/mol. The smallest absolute Gasteiger partial charge is 0.238 e. The number of nitrogens with two attached hydrogens (primary N) is 1. The zero-order valence-electron chi connectivity index (χ0n) is 7.56. The van der Waals surface area contributed by atoms with Gasteiger partial charge in [-0.15, -0.1) is 0 Å². The van der Waals surface area contributed by atoms with Crippen molar-refractivity contribution in [2.45, 2.75) is 26.8 Å². The average molecular weight is 159 g/mol. The number of rotatable bonds is 2. The summed E-state index contributed by atoms with van der Waals surface area (Å²) in [6, 6.07) is -0.340. The summed E-state index contributed by atoms with van der Waals surface area (Å²) in [5.74, 6) is 5.14. The van der Waals surface area contributed by atoms with Crippen molar-refractivity contribution >= 4 is 5.91 Å². The summed E-state index contributed by atoms with van der Waals surface area (Å²) in [4.78, 5) is 11.1. The van der Waals surface area contributed by atoms with Crippen molar-refractivity contribution in [1.82, 2.24) is 10.7 Å². The number of carbonyl (C=O) groups is 1. The van der Waals surface area contributed by atoms with Gasteiger partial charge in [0.05, 0.1) is 0 Å². The molecule has 0 unspecified atom stereocenters. The first kappa shape index (κ1) is 10.4. The Labute approximate surface area is 67.5 Å². The minimum absolute atomic E-state index is 0.0833. The summed E-state index contributed by atoms with van der Waals surface area (Å²) >= 11 is 0. The van der Waals surface area contributed by atoms with Crippen LogP contribution in [0.4, 0.5) is 0 Å². The number of amides is 1.